The summed E-state index contributed by atoms with van der Waals surface area (Å²) in [5.41, 5.74) is 1.23. The molecule has 0 aliphatic rings. The van der Waals surface area contributed by atoms with Crippen LogP contribution in [0.3, 0.4) is 0 Å². The second kappa shape index (κ2) is 6.42. The van der Waals surface area contributed by atoms with E-state index in [4.69, 9.17) is 5.11 Å². The van der Waals surface area contributed by atoms with Crippen LogP contribution in [0, 0.1) is 0 Å². The number of benzene rings is 1. The Kier molecular flexibility index (Phi) is 5.18. The van der Waals surface area contributed by atoms with Crippen LogP contribution in [-0.4, -0.2) is 28.7 Å². The molecule has 1 atom stereocenters. The predicted octanol–water partition coefficient (Wildman–Crippen LogP) is 1.66. The van der Waals surface area contributed by atoms with Crippen LogP contribution in [0.25, 0.3) is 0 Å². The van der Waals surface area contributed by atoms with E-state index in [0.29, 0.717) is 18.4 Å². The van der Waals surface area contributed by atoms with Crippen LogP contribution < -0.4 is 0 Å². The number of carboxylic acids is 1. The minimum atomic E-state index is -1.51. The summed E-state index contributed by atoms with van der Waals surface area (Å²) in [6.45, 7) is 0. The van der Waals surface area contributed by atoms with Gasteiger partial charge in [0.1, 0.15) is 6.29 Å². The number of rotatable bonds is 6. The highest BCUT2D eigenvalue weighted by molar-refractivity contribution is 7.98. The van der Waals surface area contributed by atoms with Crippen molar-refractivity contribution in [2.75, 3.05) is 6.26 Å². The van der Waals surface area contributed by atoms with Crippen LogP contribution in [0.4, 0.5) is 0 Å². The molecule has 2 N–H and O–H groups in total. The Bertz CT molecular complexity index is 417. The fraction of sp³-hybridized carbons (Fsp3) is 0.333. The van der Waals surface area contributed by atoms with Crippen molar-refractivity contribution < 1.29 is 19.8 Å². The molecular formula is C12H14O4S. The second-order valence-corrected chi connectivity index (χ2v) is 4.37. The first-order valence-corrected chi connectivity index (χ1v) is 6.34. The molecule has 0 heterocycles. The van der Waals surface area contributed by atoms with Crippen LogP contribution in [0.1, 0.15) is 23.7 Å². The Hall–Kier alpha value is -1.33. The smallest absolute Gasteiger partial charge is 0.337 e. The number of carbonyl (C=O) groups is 2. The number of thioether (sulfide) groups is 1. The lowest BCUT2D eigenvalue weighted by molar-refractivity contribution is -0.146. The number of aryl methyl sites for hydroxylation is 1. The van der Waals surface area contributed by atoms with E-state index in [1.54, 1.807) is 18.2 Å². The third-order valence-corrected chi connectivity index (χ3v) is 3.22. The van der Waals surface area contributed by atoms with Gasteiger partial charge < -0.3 is 15.0 Å². The highest BCUT2D eigenvalue weighted by atomic mass is 32.2. The van der Waals surface area contributed by atoms with Crippen LogP contribution in [0.15, 0.2) is 23.1 Å². The van der Waals surface area contributed by atoms with Crippen molar-refractivity contribution in [1.82, 2.24) is 0 Å². The quantitative estimate of drug-likeness (QED) is 0.596. The van der Waals surface area contributed by atoms with Crippen LogP contribution in [-0.2, 0) is 16.0 Å². The first-order chi connectivity index (χ1) is 8.10. The van der Waals surface area contributed by atoms with E-state index in [0.717, 1.165) is 16.7 Å². The lowest BCUT2D eigenvalue weighted by Gasteiger charge is -2.11. The third kappa shape index (κ3) is 3.57. The molecule has 0 radical (unpaired) electrons. The Balaban J connectivity index is 3.03. The zero-order valence-corrected chi connectivity index (χ0v) is 10.2. The number of aldehydes is 1. The molecule has 0 aliphatic heterocycles. The zero-order chi connectivity index (χ0) is 12.8. The fourth-order valence-electron chi connectivity index (χ4n) is 1.52. The lowest BCUT2D eigenvalue weighted by Crippen LogP contribution is -2.10. The average molecular weight is 254 g/mol. The Morgan fingerprint density at radius 3 is 2.76 bits per heavy atom. The van der Waals surface area contributed by atoms with Crippen LogP contribution in [0.2, 0.25) is 0 Å². The predicted molar refractivity (Wildman–Crippen MR) is 65.2 cm³/mol. The standard InChI is InChI=1S/C12H14O4S/c1-17-10-5-4-9(11(14)12(15)16)7-8(10)3-2-6-13/h4-7,11,14H,2-3H2,1H3,(H,15,16). The molecule has 0 aliphatic carbocycles. The number of aliphatic hydroxyl groups excluding tert-OH is 1. The van der Waals surface area contributed by atoms with Gasteiger partial charge in [0.15, 0.2) is 6.10 Å². The van der Waals surface area contributed by atoms with Gasteiger partial charge >= 0.3 is 5.97 Å². The molecule has 17 heavy (non-hydrogen) atoms. The molecule has 0 aromatic heterocycles. The summed E-state index contributed by atoms with van der Waals surface area (Å²) in [5.74, 6) is -1.27. The minimum absolute atomic E-state index is 0.344. The summed E-state index contributed by atoms with van der Waals surface area (Å²) in [4.78, 5) is 22.0. The van der Waals surface area contributed by atoms with E-state index in [1.807, 2.05) is 6.26 Å². The van der Waals surface area contributed by atoms with Gasteiger partial charge in [-0.05, 0) is 29.9 Å². The lowest BCUT2D eigenvalue weighted by atomic mass is 10.0. The van der Waals surface area contributed by atoms with Crippen molar-refractivity contribution >= 4 is 24.0 Å². The highest BCUT2D eigenvalue weighted by Gasteiger charge is 2.17. The molecule has 4 nitrogen and oxygen atoms in total. The van der Waals surface area contributed by atoms with E-state index in [1.165, 1.54) is 11.8 Å². The maximum absolute atomic E-state index is 10.7. The number of hydrogen-bond acceptors (Lipinski definition) is 4. The number of aliphatic carboxylic acids is 1. The number of carboxylic acid groups (broad SMARTS) is 1. The highest BCUT2D eigenvalue weighted by Crippen LogP contribution is 2.25. The van der Waals surface area contributed by atoms with Crippen molar-refractivity contribution in [2.45, 2.75) is 23.8 Å². The van der Waals surface area contributed by atoms with Gasteiger partial charge in [-0.1, -0.05) is 12.1 Å². The van der Waals surface area contributed by atoms with Gasteiger partial charge in [-0.25, -0.2) is 4.79 Å². The molecule has 0 spiro atoms. The number of hydrogen-bond donors (Lipinski definition) is 2. The minimum Gasteiger partial charge on any atom is -0.479 e. The summed E-state index contributed by atoms with van der Waals surface area (Å²) < 4.78 is 0. The Labute approximate surface area is 104 Å². The monoisotopic (exact) mass is 254 g/mol. The largest absolute Gasteiger partial charge is 0.479 e. The molecular weight excluding hydrogens is 240 g/mol. The molecule has 1 aromatic carbocycles. The molecule has 0 amide bonds. The summed E-state index contributed by atoms with van der Waals surface area (Å²) in [5, 5.41) is 18.2. The first kappa shape index (κ1) is 13.7. The maximum Gasteiger partial charge on any atom is 0.337 e. The molecule has 1 aromatic rings. The Morgan fingerprint density at radius 2 is 2.24 bits per heavy atom. The van der Waals surface area contributed by atoms with Gasteiger partial charge in [0.05, 0.1) is 0 Å². The van der Waals surface area contributed by atoms with E-state index < -0.39 is 12.1 Å². The van der Waals surface area contributed by atoms with Gasteiger partial charge in [0.2, 0.25) is 0 Å². The Morgan fingerprint density at radius 1 is 1.53 bits per heavy atom. The van der Waals surface area contributed by atoms with Gasteiger partial charge in [0, 0.05) is 11.3 Å². The van der Waals surface area contributed by atoms with E-state index in [-0.39, 0.29) is 0 Å². The van der Waals surface area contributed by atoms with Crippen molar-refractivity contribution in [3.63, 3.8) is 0 Å². The molecule has 0 fully saturated rings. The van der Waals surface area contributed by atoms with Gasteiger partial charge in [-0.15, -0.1) is 11.8 Å². The van der Waals surface area contributed by atoms with E-state index in [2.05, 4.69) is 0 Å². The second-order valence-electron chi connectivity index (χ2n) is 3.52. The maximum atomic E-state index is 10.7. The third-order valence-electron chi connectivity index (χ3n) is 2.39. The van der Waals surface area contributed by atoms with Crippen molar-refractivity contribution in [3.05, 3.63) is 29.3 Å². The first-order valence-electron chi connectivity index (χ1n) is 5.11. The zero-order valence-electron chi connectivity index (χ0n) is 9.42. The van der Waals surface area contributed by atoms with E-state index >= 15 is 0 Å². The molecule has 92 valence electrons. The van der Waals surface area contributed by atoms with Gasteiger partial charge in [-0.2, -0.15) is 0 Å². The molecule has 0 bridgehead atoms. The number of carbonyl (C=O) groups excluding carboxylic acids is 1. The van der Waals surface area contributed by atoms with Gasteiger partial charge in [-0.3, -0.25) is 0 Å². The molecule has 1 unspecified atom stereocenters. The molecule has 0 saturated carbocycles. The number of aliphatic hydroxyl groups is 1. The SMILES string of the molecule is CSc1ccc(C(O)C(=O)O)cc1CCC=O. The van der Waals surface area contributed by atoms with Crippen LogP contribution in [0.5, 0.6) is 0 Å². The topological polar surface area (TPSA) is 74.6 Å². The molecule has 0 saturated heterocycles. The van der Waals surface area contributed by atoms with E-state index in [9.17, 15) is 14.7 Å². The summed E-state index contributed by atoms with van der Waals surface area (Å²) >= 11 is 1.53. The summed E-state index contributed by atoms with van der Waals surface area (Å²) in [6.07, 6.45) is 2.16. The van der Waals surface area contributed by atoms with Crippen molar-refractivity contribution in [3.8, 4) is 0 Å². The van der Waals surface area contributed by atoms with Crippen LogP contribution >= 0.6 is 11.8 Å². The summed E-state index contributed by atoms with van der Waals surface area (Å²) in [6, 6.07) is 5.01. The average Bonchev–Trinajstić information content (AvgIpc) is 2.34. The van der Waals surface area contributed by atoms with Crippen molar-refractivity contribution in [1.29, 1.82) is 0 Å². The normalized spacial score (nSPS) is 12.1. The van der Waals surface area contributed by atoms with Crippen molar-refractivity contribution in [2.24, 2.45) is 0 Å². The van der Waals surface area contributed by atoms with Gasteiger partial charge in [0.25, 0.3) is 0 Å². The fourth-order valence-corrected chi connectivity index (χ4v) is 2.15. The summed E-state index contributed by atoms with van der Waals surface area (Å²) in [7, 11) is 0. The molecule has 1 rings (SSSR count). The molecule has 5 heteroatoms.